The van der Waals surface area contributed by atoms with Crippen molar-refractivity contribution in [2.24, 2.45) is 0 Å². The number of benzene rings is 2. The van der Waals surface area contributed by atoms with Crippen LogP contribution in [0, 0.1) is 13.8 Å². The van der Waals surface area contributed by atoms with Crippen LogP contribution in [0.1, 0.15) is 48.9 Å². The molecule has 2 aromatic carbocycles. The van der Waals surface area contributed by atoms with Crippen molar-refractivity contribution in [2.75, 3.05) is 0 Å². The summed E-state index contributed by atoms with van der Waals surface area (Å²) in [5.41, 5.74) is 10.00. The average molecular weight is 331 g/mol. The fourth-order valence-electron chi connectivity index (χ4n) is 3.05. The van der Waals surface area contributed by atoms with Crippen molar-refractivity contribution < 1.29 is 0 Å². The van der Waals surface area contributed by atoms with Gasteiger partial charge in [-0.1, -0.05) is 87.5 Å². The molecule has 0 saturated heterocycles. The van der Waals surface area contributed by atoms with Gasteiger partial charge in [-0.05, 0) is 65.6 Å². The van der Waals surface area contributed by atoms with Crippen molar-refractivity contribution in [3.8, 4) is 11.1 Å². The monoisotopic (exact) mass is 330 g/mol. The summed E-state index contributed by atoms with van der Waals surface area (Å²) in [4.78, 5) is 0. The highest BCUT2D eigenvalue weighted by Crippen LogP contribution is 2.31. The molecule has 0 heterocycles. The molecule has 0 nitrogen and oxygen atoms in total. The molecule has 0 spiro atoms. The van der Waals surface area contributed by atoms with E-state index < -0.39 is 0 Å². The third-order valence-corrected chi connectivity index (χ3v) is 4.91. The molecule has 2 aromatic rings. The van der Waals surface area contributed by atoms with E-state index in [1.54, 1.807) is 0 Å². The summed E-state index contributed by atoms with van der Waals surface area (Å²) >= 11 is 0. The maximum atomic E-state index is 4.24. The molecule has 0 N–H and O–H groups in total. The second kappa shape index (κ2) is 8.67. The first kappa shape index (κ1) is 19.0. The minimum Gasteiger partial charge on any atom is -0.0958 e. The third kappa shape index (κ3) is 4.60. The second-order valence-electron chi connectivity index (χ2n) is 6.73. The summed E-state index contributed by atoms with van der Waals surface area (Å²) < 4.78 is 0. The fraction of sp³-hybridized carbons (Fsp3) is 0.280. The van der Waals surface area contributed by atoms with E-state index in [9.17, 15) is 0 Å². The number of aryl methyl sites for hydroxylation is 1. The van der Waals surface area contributed by atoms with Gasteiger partial charge in [0.25, 0.3) is 0 Å². The fourth-order valence-corrected chi connectivity index (χ4v) is 3.05. The lowest BCUT2D eigenvalue weighted by atomic mass is 9.90. The van der Waals surface area contributed by atoms with Crippen LogP contribution in [0.3, 0.4) is 0 Å². The van der Waals surface area contributed by atoms with Gasteiger partial charge in [0.05, 0.1) is 0 Å². The predicted octanol–water partition coefficient (Wildman–Crippen LogP) is 7.46. The summed E-state index contributed by atoms with van der Waals surface area (Å²) in [6.07, 6.45) is 7.44. The van der Waals surface area contributed by atoms with E-state index in [0.29, 0.717) is 0 Å². The first-order chi connectivity index (χ1) is 12.0. The van der Waals surface area contributed by atoms with Gasteiger partial charge in [0, 0.05) is 0 Å². The van der Waals surface area contributed by atoms with Crippen molar-refractivity contribution in [3.63, 3.8) is 0 Å². The molecule has 0 aliphatic carbocycles. The van der Waals surface area contributed by atoms with E-state index in [1.807, 2.05) is 0 Å². The highest BCUT2D eigenvalue weighted by molar-refractivity contribution is 5.79. The second-order valence-corrected chi connectivity index (χ2v) is 6.73. The smallest absolute Gasteiger partial charge is 0.0152 e. The molecule has 0 saturated carbocycles. The van der Waals surface area contributed by atoms with E-state index in [0.717, 1.165) is 24.0 Å². The highest BCUT2D eigenvalue weighted by atomic mass is 14.1. The van der Waals surface area contributed by atoms with Crippen molar-refractivity contribution in [1.29, 1.82) is 0 Å². The van der Waals surface area contributed by atoms with E-state index in [-0.39, 0.29) is 0 Å². The maximum absolute atomic E-state index is 4.24. The van der Waals surface area contributed by atoms with Crippen LogP contribution < -0.4 is 0 Å². The molecule has 0 bridgehead atoms. The molecule has 2 rings (SSSR count). The van der Waals surface area contributed by atoms with E-state index in [1.165, 1.54) is 39.8 Å². The van der Waals surface area contributed by atoms with Gasteiger partial charge in [-0.3, -0.25) is 0 Å². The maximum Gasteiger partial charge on any atom is -0.0152 e. The summed E-state index contributed by atoms with van der Waals surface area (Å²) in [7, 11) is 0. The quantitative estimate of drug-likeness (QED) is 0.462. The van der Waals surface area contributed by atoms with Crippen LogP contribution in [0.4, 0.5) is 0 Å². The van der Waals surface area contributed by atoms with Crippen molar-refractivity contribution in [3.05, 3.63) is 89.5 Å². The number of hydrogen-bond donors (Lipinski definition) is 0. The SMILES string of the molecule is C=C(/C=C\C(=C)c1ccc(-c2ccc(CCC)cc2)c(C)c1C)CC. The van der Waals surface area contributed by atoms with E-state index in [2.05, 4.69) is 89.4 Å². The summed E-state index contributed by atoms with van der Waals surface area (Å²) in [6, 6.07) is 13.4. The molecule has 0 heteroatoms. The molecule has 0 aliphatic rings. The van der Waals surface area contributed by atoms with E-state index in [4.69, 9.17) is 0 Å². The minimum atomic E-state index is 0.967. The average Bonchev–Trinajstić information content (AvgIpc) is 2.62. The molecular weight excluding hydrogens is 300 g/mol. The topological polar surface area (TPSA) is 0 Å². The number of allylic oxidation sites excluding steroid dienone is 4. The van der Waals surface area contributed by atoms with E-state index >= 15 is 0 Å². The van der Waals surface area contributed by atoms with Crippen LogP contribution in [0.25, 0.3) is 16.7 Å². The molecule has 0 aliphatic heterocycles. The van der Waals surface area contributed by atoms with Gasteiger partial charge in [-0.15, -0.1) is 0 Å². The van der Waals surface area contributed by atoms with Crippen LogP contribution in [0.2, 0.25) is 0 Å². The number of rotatable bonds is 7. The molecular formula is C25H30. The van der Waals surface area contributed by atoms with Crippen LogP contribution in [-0.2, 0) is 6.42 Å². The third-order valence-electron chi connectivity index (χ3n) is 4.91. The van der Waals surface area contributed by atoms with Gasteiger partial charge in [-0.2, -0.15) is 0 Å². The zero-order valence-corrected chi connectivity index (χ0v) is 16.2. The van der Waals surface area contributed by atoms with Crippen molar-refractivity contribution in [1.82, 2.24) is 0 Å². The zero-order chi connectivity index (χ0) is 18.4. The first-order valence-corrected chi connectivity index (χ1v) is 9.22. The molecule has 0 atom stereocenters. The Labute approximate surface area is 153 Å². The molecule has 0 amide bonds. The molecule has 0 fully saturated rings. The zero-order valence-electron chi connectivity index (χ0n) is 16.2. The largest absolute Gasteiger partial charge is 0.0958 e. The Bertz CT molecular complexity index is 786. The molecule has 0 radical (unpaired) electrons. The lowest BCUT2D eigenvalue weighted by Crippen LogP contribution is -1.94. The van der Waals surface area contributed by atoms with Crippen molar-refractivity contribution in [2.45, 2.75) is 47.0 Å². The van der Waals surface area contributed by atoms with Gasteiger partial charge < -0.3 is 0 Å². The lowest BCUT2D eigenvalue weighted by molar-refractivity contribution is 0.922. The van der Waals surface area contributed by atoms with Crippen LogP contribution in [0.5, 0.6) is 0 Å². The standard InChI is InChI=1S/C25H30/c1-7-9-22-12-14-23(15-13-22)25-17-16-24(20(5)21(25)6)19(4)11-10-18(3)8-2/h10-17H,3-4,7-9H2,1-2,5-6H3/b11-10-. The highest BCUT2D eigenvalue weighted by Gasteiger charge is 2.09. The van der Waals surface area contributed by atoms with Gasteiger partial charge in [0.1, 0.15) is 0 Å². The molecule has 0 unspecified atom stereocenters. The molecule has 25 heavy (non-hydrogen) atoms. The summed E-state index contributed by atoms with van der Waals surface area (Å²) in [5.74, 6) is 0. The van der Waals surface area contributed by atoms with Crippen LogP contribution in [0.15, 0.2) is 67.3 Å². The van der Waals surface area contributed by atoms with Gasteiger partial charge >= 0.3 is 0 Å². The van der Waals surface area contributed by atoms with Crippen LogP contribution >= 0.6 is 0 Å². The predicted molar refractivity (Wildman–Crippen MR) is 113 cm³/mol. The Hall–Kier alpha value is -2.34. The Balaban J connectivity index is 2.32. The molecule has 0 aromatic heterocycles. The Morgan fingerprint density at radius 1 is 0.880 bits per heavy atom. The summed E-state index contributed by atoms with van der Waals surface area (Å²) in [5, 5.41) is 0. The minimum absolute atomic E-state index is 0.967. The Morgan fingerprint density at radius 3 is 2.16 bits per heavy atom. The normalized spacial score (nSPS) is 11.0. The molecule has 130 valence electrons. The van der Waals surface area contributed by atoms with Gasteiger partial charge in [-0.25, -0.2) is 0 Å². The van der Waals surface area contributed by atoms with Crippen molar-refractivity contribution >= 4 is 5.57 Å². The number of hydrogen-bond acceptors (Lipinski definition) is 0. The van der Waals surface area contributed by atoms with Gasteiger partial charge in [0.15, 0.2) is 0 Å². The first-order valence-electron chi connectivity index (χ1n) is 9.22. The summed E-state index contributed by atoms with van der Waals surface area (Å²) in [6.45, 7) is 17.0. The van der Waals surface area contributed by atoms with Crippen LogP contribution in [-0.4, -0.2) is 0 Å². The lowest BCUT2D eigenvalue weighted by Gasteiger charge is -2.14. The Morgan fingerprint density at radius 2 is 1.56 bits per heavy atom. The Kier molecular flexibility index (Phi) is 6.58. The van der Waals surface area contributed by atoms with Gasteiger partial charge in [0.2, 0.25) is 0 Å².